The smallest absolute Gasteiger partial charge is 0.304 e. The van der Waals surface area contributed by atoms with E-state index in [0.717, 1.165) is 38.3 Å². The van der Waals surface area contributed by atoms with Crippen LogP contribution in [0.1, 0.15) is 39.9 Å². The number of hydrogen-bond donors (Lipinski definition) is 1. The van der Waals surface area contributed by atoms with Crippen molar-refractivity contribution in [3.8, 4) is 16.3 Å². The lowest BCUT2D eigenvalue weighted by Crippen LogP contribution is -2.12. The largest absolute Gasteiger partial charge is 0.488 e. The van der Waals surface area contributed by atoms with Crippen molar-refractivity contribution < 1.29 is 14.6 Å². The summed E-state index contributed by atoms with van der Waals surface area (Å²) >= 11 is 1.64. The topological polar surface area (TPSA) is 77.2 Å². The average Bonchev–Trinajstić information content (AvgIpc) is 3.36. The van der Waals surface area contributed by atoms with E-state index in [0.29, 0.717) is 6.61 Å². The van der Waals surface area contributed by atoms with Gasteiger partial charge in [0.05, 0.1) is 22.9 Å². The van der Waals surface area contributed by atoms with Gasteiger partial charge >= 0.3 is 5.97 Å². The molecular formula is C25H25N3O3S. The summed E-state index contributed by atoms with van der Waals surface area (Å²) in [5.74, 6) is 0.281. The van der Waals surface area contributed by atoms with Gasteiger partial charge in [0.15, 0.2) is 0 Å². The van der Waals surface area contributed by atoms with Gasteiger partial charge in [-0.25, -0.2) is 9.97 Å². The third kappa shape index (κ3) is 4.89. The number of aliphatic carboxylic acids is 1. The Kier molecular flexibility index (Phi) is 6.37. The molecule has 2 aromatic heterocycles. The normalized spacial score (nSPS) is 12.0. The van der Waals surface area contributed by atoms with Gasteiger partial charge in [-0.1, -0.05) is 35.9 Å². The van der Waals surface area contributed by atoms with Crippen LogP contribution in [0.2, 0.25) is 0 Å². The highest BCUT2D eigenvalue weighted by Crippen LogP contribution is 2.31. The van der Waals surface area contributed by atoms with Gasteiger partial charge in [-0.05, 0) is 37.6 Å². The number of aromatic nitrogens is 3. The molecule has 1 N–H and O–H groups in total. The van der Waals surface area contributed by atoms with E-state index >= 15 is 0 Å². The predicted octanol–water partition coefficient (Wildman–Crippen LogP) is 5.35. The standard InChI is InChI=1S/C25H25N3O3S/c1-16-5-4-6-19(13-16)25-27-17(2)22(32-25)15-31-20-9-7-18(8-10-20)21(14-23(29)30)24-26-11-12-28(24)3/h4-13,21H,14-15H2,1-3H3,(H,29,30)/t21-/m0/s1. The molecule has 0 spiro atoms. The molecule has 2 heterocycles. The molecular weight excluding hydrogens is 422 g/mol. The zero-order chi connectivity index (χ0) is 22.7. The molecule has 2 aromatic carbocycles. The molecule has 0 aliphatic carbocycles. The number of rotatable bonds is 8. The van der Waals surface area contributed by atoms with Crippen LogP contribution in [0, 0.1) is 13.8 Å². The first-order chi connectivity index (χ1) is 15.4. The Morgan fingerprint density at radius 1 is 1.19 bits per heavy atom. The van der Waals surface area contributed by atoms with Crippen molar-refractivity contribution in [2.75, 3.05) is 0 Å². The number of nitrogens with zero attached hydrogens (tertiary/aromatic N) is 3. The minimum atomic E-state index is -0.858. The summed E-state index contributed by atoms with van der Waals surface area (Å²) in [7, 11) is 1.87. The number of hydrogen-bond acceptors (Lipinski definition) is 5. The predicted molar refractivity (Wildman–Crippen MR) is 125 cm³/mol. The summed E-state index contributed by atoms with van der Waals surface area (Å²) in [5, 5.41) is 10.4. The van der Waals surface area contributed by atoms with Gasteiger partial charge < -0.3 is 14.4 Å². The van der Waals surface area contributed by atoms with Crippen LogP contribution in [0.3, 0.4) is 0 Å². The molecule has 0 unspecified atom stereocenters. The second-order valence-corrected chi connectivity index (χ2v) is 8.89. The molecule has 0 bridgehead atoms. The van der Waals surface area contributed by atoms with Crippen LogP contribution < -0.4 is 4.74 Å². The van der Waals surface area contributed by atoms with Crippen LogP contribution >= 0.6 is 11.3 Å². The Morgan fingerprint density at radius 3 is 2.62 bits per heavy atom. The Morgan fingerprint density at radius 2 is 1.97 bits per heavy atom. The zero-order valence-corrected chi connectivity index (χ0v) is 19.1. The van der Waals surface area contributed by atoms with Crippen LogP contribution in [0.5, 0.6) is 5.75 Å². The number of aryl methyl sites for hydroxylation is 3. The van der Waals surface area contributed by atoms with Crippen molar-refractivity contribution in [2.24, 2.45) is 7.05 Å². The minimum absolute atomic E-state index is 0.0210. The highest BCUT2D eigenvalue weighted by atomic mass is 32.1. The molecule has 32 heavy (non-hydrogen) atoms. The first-order valence-electron chi connectivity index (χ1n) is 10.4. The molecule has 7 heteroatoms. The van der Waals surface area contributed by atoms with E-state index in [-0.39, 0.29) is 12.3 Å². The van der Waals surface area contributed by atoms with E-state index in [9.17, 15) is 9.90 Å². The SMILES string of the molecule is Cc1cccc(-c2nc(C)c(COc3ccc([C@H](CC(=O)O)c4nccn4C)cc3)s2)c1. The lowest BCUT2D eigenvalue weighted by Gasteiger charge is -2.16. The van der Waals surface area contributed by atoms with Gasteiger partial charge in [-0.2, -0.15) is 0 Å². The van der Waals surface area contributed by atoms with Crippen molar-refractivity contribution in [3.63, 3.8) is 0 Å². The van der Waals surface area contributed by atoms with Gasteiger partial charge in [-0.3, -0.25) is 4.79 Å². The second kappa shape index (κ2) is 9.36. The first kappa shape index (κ1) is 21.8. The molecule has 0 aliphatic heterocycles. The van der Waals surface area contributed by atoms with Crippen LogP contribution in [-0.4, -0.2) is 25.6 Å². The number of carboxylic acid groups (broad SMARTS) is 1. The summed E-state index contributed by atoms with van der Waals surface area (Å²) in [5.41, 5.74) is 4.19. The summed E-state index contributed by atoms with van der Waals surface area (Å²) in [6, 6.07) is 15.9. The molecule has 6 nitrogen and oxygen atoms in total. The molecule has 0 saturated heterocycles. The number of carbonyl (C=O) groups is 1. The van der Waals surface area contributed by atoms with Gasteiger partial charge in [0, 0.05) is 25.0 Å². The fourth-order valence-corrected chi connectivity index (χ4v) is 4.63. The van der Waals surface area contributed by atoms with E-state index in [1.165, 1.54) is 5.56 Å². The quantitative estimate of drug-likeness (QED) is 0.394. The molecule has 0 saturated carbocycles. The van der Waals surface area contributed by atoms with Gasteiger partial charge in [-0.15, -0.1) is 11.3 Å². The monoisotopic (exact) mass is 447 g/mol. The molecule has 1 atom stereocenters. The lowest BCUT2D eigenvalue weighted by molar-refractivity contribution is -0.137. The van der Waals surface area contributed by atoms with Crippen molar-refractivity contribution in [1.29, 1.82) is 0 Å². The Labute approximate surface area is 191 Å². The van der Waals surface area contributed by atoms with Gasteiger partial charge in [0.2, 0.25) is 0 Å². The Bertz CT molecular complexity index is 1230. The van der Waals surface area contributed by atoms with E-state index in [1.807, 2.05) is 55.1 Å². The van der Waals surface area contributed by atoms with E-state index in [4.69, 9.17) is 9.72 Å². The fraction of sp³-hybridized carbons (Fsp3) is 0.240. The number of imidazole rings is 1. The molecule has 164 valence electrons. The maximum absolute atomic E-state index is 11.4. The average molecular weight is 448 g/mol. The highest BCUT2D eigenvalue weighted by molar-refractivity contribution is 7.15. The fourth-order valence-electron chi connectivity index (χ4n) is 3.65. The number of carboxylic acids is 1. The van der Waals surface area contributed by atoms with Gasteiger partial charge in [0.1, 0.15) is 23.2 Å². The van der Waals surface area contributed by atoms with Crippen molar-refractivity contribution in [2.45, 2.75) is 32.8 Å². The molecule has 4 rings (SSSR count). The molecule has 0 aliphatic rings. The Hall–Kier alpha value is -3.45. The molecule has 0 fully saturated rings. The Balaban J connectivity index is 1.47. The van der Waals surface area contributed by atoms with Crippen LogP contribution in [0.25, 0.3) is 10.6 Å². The summed E-state index contributed by atoms with van der Waals surface area (Å²) in [4.78, 5) is 21.5. The number of thiazole rings is 1. The van der Waals surface area contributed by atoms with E-state index in [1.54, 1.807) is 17.5 Å². The van der Waals surface area contributed by atoms with Gasteiger partial charge in [0.25, 0.3) is 0 Å². The van der Waals surface area contributed by atoms with Crippen LogP contribution in [0.15, 0.2) is 60.9 Å². The number of ether oxygens (including phenoxy) is 1. The lowest BCUT2D eigenvalue weighted by atomic mass is 9.94. The van der Waals surface area contributed by atoms with E-state index in [2.05, 4.69) is 30.1 Å². The van der Waals surface area contributed by atoms with Crippen molar-refractivity contribution in [3.05, 3.63) is 88.4 Å². The summed E-state index contributed by atoms with van der Waals surface area (Å²) in [6.45, 7) is 4.51. The first-order valence-corrected chi connectivity index (χ1v) is 11.2. The zero-order valence-electron chi connectivity index (χ0n) is 18.3. The van der Waals surface area contributed by atoms with Crippen molar-refractivity contribution >= 4 is 17.3 Å². The maximum Gasteiger partial charge on any atom is 0.304 e. The molecule has 0 radical (unpaired) electrons. The minimum Gasteiger partial charge on any atom is -0.488 e. The third-order valence-corrected chi connectivity index (χ3v) is 6.54. The highest BCUT2D eigenvalue weighted by Gasteiger charge is 2.21. The number of benzene rings is 2. The summed E-state index contributed by atoms with van der Waals surface area (Å²) < 4.78 is 7.87. The van der Waals surface area contributed by atoms with Crippen molar-refractivity contribution in [1.82, 2.24) is 14.5 Å². The van der Waals surface area contributed by atoms with Crippen LogP contribution in [0.4, 0.5) is 0 Å². The second-order valence-electron chi connectivity index (χ2n) is 7.80. The molecule has 0 amide bonds. The molecule has 4 aromatic rings. The van der Waals surface area contributed by atoms with E-state index < -0.39 is 5.97 Å². The maximum atomic E-state index is 11.4. The third-order valence-electron chi connectivity index (χ3n) is 5.36. The van der Waals surface area contributed by atoms with Crippen LogP contribution in [-0.2, 0) is 18.4 Å². The summed E-state index contributed by atoms with van der Waals surface area (Å²) in [6.07, 6.45) is 3.49.